The Kier molecular flexibility index (Phi) is 3.20. The lowest BCUT2D eigenvalue weighted by atomic mass is 10.1. The summed E-state index contributed by atoms with van der Waals surface area (Å²) in [5, 5.41) is 4.48. The van der Waals surface area contributed by atoms with Crippen molar-refractivity contribution in [2.75, 3.05) is 6.61 Å². The van der Waals surface area contributed by atoms with Gasteiger partial charge in [0.2, 0.25) is 0 Å². The van der Waals surface area contributed by atoms with Crippen molar-refractivity contribution in [3.8, 4) is 17.0 Å². The Morgan fingerprint density at radius 3 is 3.17 bits per heavy atom. The molecular formula is C16H12ClN3O3. The minimum Gasteiger partial charge on any atom is -0.461 e. The number of carbonyl (C=O) groups excluding carboxylic acids is 1. The van der Waals surface area contributed by atoms with Crippen LogP contribution in [0.4, 0.5) is 0 Å². The van der Waals surface area contributed by atoms with Crippen LogP contribution in [0.2, 0.25) is 5.02 Å². The van der Waals surface area contributed by atoms with Gasteiger partial charge in [-0.15, -0.1) is 0 Å². The van der Waals surface area contributed by atoms with Crippen LogP contribution in [0.25, 0.3) is 17.0 Å². The second-order valence-electron chi connectivity index (χ2n) is 5.15. The van der Waals surface area contributed by atoms with Crippen LogP contribution in [0.3, 0.4) is 0 Å². The van der Waals surface area contributed by atoms with E-state index in [9.17, 15) is 4.79 Å². The Hall–Kier alpha value is -2.60. The lowest BCUT2D eigenvalue weighted by Gasteiger charge is -2.09. The summed E-state index contributed by atoms with van der Waals surface area (Å²) < 4.78 is 12.4. The molecule has 23 heavy (non-hydrogen) atoms. The summed E-state index contributed by atoms with van der Waals surface area (Å²) in [6, 6.07) is 5.48. The van der Waals surface area contributed by atoms with E-state index < -0.39 is 5.97 Å². The summed E-state index contributed by atoms with van der Waals surface area (Å²) >= 11 is 6.13. The molecule has 0 atom stereocenters. The molecule has 0 fully saturated rings. The number of nitrogens with zero attached hydrogens (tertiary/aromatic N) is 3. The summed E-state index contributed by atoms with van der Waals surface area (Å²) in [4.78, 5) is 16.4. The number of esters is 1. The summed E-state index contributed by atoms with van der Waals surface area (Å²) in [6.07, 6.45) is 3.74. The summed E-state index contributed by atoms with van der Waals surface area (Å²) in [5.41, 5.74) is 3.58. The summed E-state index contributed by atoms with van der Waals surface area (Å²) in [7, 11) is 0. The number of fused-ring (bicyclic) bond motifs is 5. The average molecular weight is 330 g/mol. The van der Waals surface area contributed by atoms with Crippen LogP contribution in [0.1, 0.15) is 28.7 Å². The summed E-state index contributed by atoms with van der Waals surface area (Å²) in [5.74, 6) is 0.220. The number of carbonyl (C=O) groups is 1. The van der Waals surface area contributed by atoms with Gasteiger partial charge in [-0.25, -0.2) is 9.78 Å². The standard InChI is InChI=1S/C16H12ClN3O3/c1-2-22-16(21)14-13-5-9-7-19-23-15(9)11-6-10(17)3-4-12(11)20(13)8-18-14/h3-4,6-8H,2,5H2,1H3. The molecule has 0 saturated carbocycles. The fourth-order valence-corrected chi connectivity index (χ4v) is 2.98. The molecule has 1 aliphatic heterocycles. The second-order valence-corrected chi connectivity index (χ2v) is 5.59. The molecule has 0 aliphatic carbocycles. The molecule has 116 valence electrons. The third-order valence-corrected chi connectivity index (χ3v) is 4.04. The molecule has 0 bridgehead atoms. The molecule has 0 N–H and O–H groups in total. The van der Waals surface area contributed by atoms with Gasteiger partial charge in [0.1, 0.15) is 6.33 Å². The van der Waals surface area contributed by atoms with Crippen LogP contribution in [0.5, 0.6) is 0 Å². The maximum absolute atomic E-state index is 12.1. The maximum Gasteiger partial charge on any atom is 0.358 e. The van der Waals surface area contributed by atoms with E-state index in [1.165, 1.54) is 0 Å². The van der Waals surface area contributed by atoms with Gasteiger partial charge < -0.3 is 13.8 Å². The van der Waals surface area contributed by atoms with E-state index in [1.807, 2.05) is 16.7 Å². The van der Waals surface area contributed by atoms with Crippen molar-refractivity contribution < 1.29 is 14.1 Å². The minimum atomic E-state index is -0.434. The van der Waals surface area contributed by atoms with E-state index in [0.29, 0.717) is 29.5 Å². The third kappa shape index (κ3) is 2.14. The smallest absolute Gasteiger partial charge is 0.358 e. The molecule has 7 heteroatoms. The highest BCUT2D eigenvalue weighted by Gasteiger charge is 2.28. The average Bonchev–Trinajstić information content (AvgIpc) is 3.13. The van der Waals surface area contributed by atoms with Crippen molar-refractivity contribution in [2.45, 2.75) is 13.3 Å². The van der Waals surface area contributed by atoms with E-state index in [-0.39, 0.29) is 0 Å². The second kappa shape index (κ2) is 5.24. The predicted molar refractivity (Wildman–Crippen MR) is 82.8 cm³/mol. The molecule has 0 spiro atoms. The topological polar surface area (TPSA) is 70.2 Å². The Bertz CT molecular complexity index is 913. The molecular weight excluding hydrogens is 318 g/mol. The predicted octanol–water partition coefficient (Wildman–Crippen LogP) is 3.26. The Labute approximate surface area is 136 Å². The Morgan fingerprint density at radius 1 is 1.48 bits per heavy atom. The van der Waals surface area contributed by atoms with E-state index in [0.717, 1.165) is 22.5 Å². The number of rotatable bonds is 2. The van der Waals surface area contributed by atoms with Crippen LogP contribution >= 0.6 is 11.6 Å². The fourth-order valence-electron chi connectivity index (χ4n) is 2.81. The Morgan fingerprint density at radius 2 is 2.35 bits per heavy atom. The van der Waals surface area contributed by atoms with Crippen molar-refractivity contribution in [2.24, 2.45) is 0 Å². The largest absolute Gasteiger partial charge is 0.461 e. The molecule has 3 heterocycles. The van der Waals surface area contributed by atoms with E-state index in [1.54, 1.807) is 25.5 Å². The van der Waals surface area contributed by atoms with Crippen LogP contribution in [0, 0.1) is 0 Å². The highest BCUT2D eigenvalue weighted by Crippen LogP contribution is 2.37. The number of aromatic nitrogens is 3. The number of benzene rings is 1. The SMILES string of the molecule is CCOC(=O)c1ncn2c1Cc1cnoc1-c1cc(Cl)ccc1-2. The number of imidazole rings is 1. The molecule has 1 aromatic carbocycles. The fraction of sp³-hybridized carbons (Fsp3) is 0.188. The molecule has 0 amide bonds. The van der Waals surface area contributed by atoms with Gasteiger partial charge in [-0.2, -0.15) is 0 Å². The minimum absolute atomic E-state index is 0.301. The first-order valence-electron chi connectivity index (χ1n) is 7.16. The first kappa shape index (κ1) is 14.0. The highest BCUT2D eigenvalue weighted by molar-refractivity contribution is 6.31. The number of hydrogen-bond donors (Lipinski definition) is 0. The number of halogens is 1. The van der Waals surface area contributed by atoms with Gasteiger partial charge in [0, 0.05) is 22.6 Å². The lowest BCUT2D eigenvalue weighted by Crippen LogP contribution is -2.10. The number of ether oxygens (including phenoxy) is 1. The van der Waals surface area contributed by atoms with Crippen LogP contribution in [0.15, 0.2) is 35.2 Å². The van der Waals surface area contributed by atoms with Gasteiger partial charge in [-0.05, 0) is 25.1 Å². The Balaban J connectivity index is 1.97. The van der Waals surface area contributed by atoms with Crippen LogP contribution < -0.4 is 0 Å². The molecule has 4 rings (SSSR count). The van der Waals surface area contributed by atoms with Crippen molar-refractivity contribution in [1.82, 2.24) is 14.7 Å². The molecule has 0 radical (unpaired) electrons. The lowest BCUT2D eigenvalue weighted by molar-refractivity contribution is 0.0519. The van der Waals surface area contributed by atoms with Gasteiger partial charge in [0.05, 0.1) is 24.2 Å². The molecule has 0 unspecified atom stereocenters. The van der Waals surface area contributed by atoms with Crippen LogP contribution in [-0.2, 0) is 11.2 Å². The highest BCUT2D eigenvalue weighted by atomic mass is 35.5. The monoisotopic (exact) mass is 329 g/mol. The van der Waals surface area contributed by atoms with Gasteiger partial charge in [-0.1, -0.05) is 16.8 Å². The normalized spacial score (nSPS) is 12.1. The number of hydrogen-bond acceptors (Lipinski definition) is 5. The first-order valence-corrected chi connectivity index (χ1v) is 7.54. The van der Waals surface area contributed by atoms with Crippen molar-refractivity contribution in [3.63, 3.8) is 0 Å². The quantitative estimate of drug-likeness (QED) is 0.528. The zero-order valence-corrected chi connectivity index (χ0v) is 13.0. The molecule has 1 aliphatic rings. The van der Waals surface area contributed by atoms with Gasteiger partial charge >= 0.3 is 5.97 Å². The van der Waals surface area contributed by atoms with Crippen LogP contribution in [-0.4, -0.2) is 27.3 Å². The molecule has 3 aromatic rings. The van der Waals surface area contributed by atoms with Crippen molar-refractivity contribution in [1.29, 1.82) is 0 Å². The molecule has 6 nitrogen and oxygen atoms in total. The van der Waals surface area contributed by atoms with Gasteiger partial charge in [0.15, 0.2) is 11.5 Å². The maximum atomic E-state index is 12.1. The third-order valence-electron chi connectivity index (χ3n) is 3.80. The molecule has 2 aromatic heterocycles. The van der Waals surface area contributed by atoms with E-state index in [2.05, 4.69) is 10.1 Å². The van der Waals surface area contributed by atoms with E-state index >= 15 is 0 Å². The summed E-state index contributed by atoms with van der Waals surface area (Å²) in [6.45, 7) is 2.07. The zero-order chi connectivity index (χ0) is 16.0. The van der Waals surface area contributed by atoms with Gasteiger partial charge in [0.25, 0.3) is 0 Å². The van der Waals surface area contributed by atoms with Crippen molar-refractivity contribution >= 4 is 17.6 Å². The van der Waals surface area contributed by atoms with Gasteiger partial charge in [-0.3, -0.25) is 0 Å². The van der Waals surface area contributed by atoms with Crippen molar-refractivity contribution in [3.05, 3.63) is 52.7 Å². The first-order chi connectivity index (χ1) is 11.2. The molecule has 0 saturated heterocycles. The zero-order valence-electron chi connectivity index (χ0n) is 12.2. The van der Waals surface area contributed by atoms with E-state index in [4.69, 9.17) is 20.9 Å².